The molecule has 140 valence electrons. The number of aliphatic hydroxyl groups is 1. The number of hydrogen-bond donors (Lipinski definition) is 1. The van der Waals surface area contributed by atoms with Gasteiger partial charge >= 0.3 is 5.63 Å². The van der Waals surface area contributed by atoms with Gasteiger partial charge in [-0.3, -0.25) is 4.90 Å². The molecule has 1 aliphatic heterocycles. The summed E-state index contributed by atoms with van der Waals surface area (Å²) in [7, 11) is 2.13. The molecule has 1 saturated heterocycles. The van der Waals surface area contributed by atoms with Gasteiger partial charge in [0.2, 0.25) is 0 Å². The summed E-state index contributed by atoms with van der Waals surface area (Å²) >= 11 is 0. The maximum atomic E-state index is 12.2. The number of likely N-dealkylation sites (N-methyl/N-ethyl adjacent to an activating group) is 1. The lowest BCUT2D eigenvalue weighted by atomic mass is 9.99. The van der Waals surface area contributed by atoms with Crippen molar-refractivity contribution >= 4 is 18.7 Å². The van der Waals surface area contributed by atoms with E-state index in [-0.39, 0.29) is 5.76 Å². The van der Waals surface area contributed by atoms with E-state index in [9.17, 15) is 9.90 Å². The van der Waals surface area contributed by atoms with Crippen molar-refractivity contribution in [3.05, 3.63) is 50.3 Å². The van der Waals surface area contributed by atoms with Crippen molar-refractivity contribution in [1.29, 1.82) is 0 Å². The summed E-state index contributed by atoms with van der Waals surface area (Å²) in [6.07, 6.45) is 4.19. The third kappa shape index (κ3) is 4.26. The molecule has 0 aromatic carbocycles. The number of ether oxygens (including phenoxy) is 1. The highest BCUT2D eigenvalue weighted by atomic mass is 16.5. The lowest BCUT2D eigenvalue weighted by Gasteiger charge is -2.32. The quantitative estimate of drug-likeness (QED) is 0.771. The first-order valence-corrected chi connectivity index (χ1v) is 8.93. The molecule has 0 radical (unpaired) electrons. The summed E-state index contributed by atoms with van der Waals surface area (Å²) < 4.78 is 11.0. The van der Waals surface area contributed by atoms with E-state index in [2.05, 4.69) is 30.0 Å². The van der Waals surface area contributed by atoms with Crippen LogP contribution >= 0.6 is 0 Å². The first-order valence-electron chi connectivity index (χ1n) is 8.93. The van der Waals surface area contributed by atoms with Crippen LogP contribution < -0.4 is 16.1 Å². The number of hydrogen-bond acceptors (Lipinski definition) is 6. The third-order valence-corrected chi connectivity index (χ3v) is 4.93. The Morgan fingerprint density at radius 3 is 2.81 bits per heavy atom. The van der Waals surface area contributed by atoms with Crippen molar-refractivity contribution in [3.63, 3.8) is 0 Å². The fraction of sp³-hybridized carbons (Fsp3) is 0.450. The van der Waals surface area contributed by atoms with Gasteiger partial charge in [0, 0.05) is 50.8 Å². The summed E-state index contributed by atoms with van der Waals surface area (Å²) in [6, 6.07) is 0. The van der Waals surface area contributed by atoms with Gasteiger partial charge in [-0.15, -0.1) is 0 Å². The maximum Gasteiger partial charge on any atom is 0.344 e. The Balaban J connectivity index is 1.67. The van der Waals surface area contributed by atoms with E-state index in [4.69, 9.17) is 9.15 Å². The predicted molar refractivity (Wildman–Crippen MR) is 102 cm³/mol. The number of aliphatic hydroxyl groups excluding tert-OH is 1. The van der Waals surface area contributed by atoms with E-state index in [1.54, 1.807) is 6.08 Å². The van der Waals surface area contributed by atoms with Crippen molar-refractivity contribution in [3.8, 4) is 0 Å². The lowest BCUT2D eigenvalue weighted by molar-refractivity contribution is 0.117. The molecule has 0 saturated carbocycles. The highest BCUT2D eigenvalue weighted by Crippen LogP contribution is 2.17. The number of piperazine rings is 1. The third-order valence-electron chi connectivity index (χ3n) is 4.93. The summed E-state index contributed by atoms with van der Waals surface area (Å²) in [5.74, 6) is 1.03. The zero-order chi connectivity index (χ0) is 18.7. The number of fused-ring (bicyclic) bond motifs is 1. The monoisotopic (exact) mass is 358 g/mol. The Kier molecular flexibility index (Phi) is 5.64. The van der Waals surface area contributed by atoms with Crippen molar-refractivity contribution < 1.29 is 14.3 Å². The Morgan fingerprint density at radius 1 is 1.35 bits per heavy atom. The Bertz CT molecular complexity index is 876. The highest BCUT2D eigenvalue weighted by molar-refractivity contribution is 5.54. The largest absolute Gasteiger partial charge is 0.512 e. The van der Waals surface area contributed by atoms with Gasteiger partial charge in [-0.2, -0.15) is 0 Å². The van der Waals surface area contributed by atoms with Crippen LogP contribution in [0.15, 0.2) is 27.3 Å². The molecule has 3 rings (SSSR count). The maximum absolute atomic E-state index is 12.2. The van der Waals surface area contributed by atoms with E-state index in [0.717, 1.165) is 38.3 Å². The molecule has 1 N–H and O–H groups in total. The molecule has 2 heterocycles. The second-order valence-corrected chi connectivity index (χ2v) is 6.86. The van der Waals surface area contributed by atoms with Gasteiger partial charge in [-0.1, -0.05) is 13.2 Å². The Morgan fingerprint density at radius 2 is 2.08 bits per heavy atom. The molecule has 6 nitrogen and oxygen atoms in total. The number of rotatable bonds is 5. The highest BCUT2D eigenvalue weighted by Gasteiger charge is 2.15. The predicted octanol–water partition coefficient (Wildman–Crippen LogP) is 0.453. The molecule has 0 atom stereocenters. The Labute approximate surface area is 153 Å². The van der Waals surface area contributed by atoms with Gasteiger partial charge in [0.1, 0.15) is 18.1 Å². The molecule has 26 heavy (non-hydrogen) atoms. The zero-order valence-electron chi connectivity index (χ0n) is 15.3. The summed E-state index contributed by atoms with van der Waals surface area (Å²) in [5, 5.41) is 10.6. The zero-order valence-corrected chi connectivity index (χ0v) is 15.3. The van der Waals surface area contributed by atoms with Gasteiger partial charge < -0.3 is 19.2 Å². The SMILES string of the molecule is C=C(/C=c1/c(=O)oc2c(c1=C)CCC(O)=C2)OCCN1CCN(C)CC1. The second kappa shape index (κ2) is 7.93. The second-order valence-electron chi connectivity index (χ2n) is 6.86. The normalized spacial score (nSPS) is 19.1. The van der Waals surface area contributed by atoms with Crippen LogP contribution in [0.1, 0.15) is 17.7 Å². The summed E-state index contributed by atoms with van der Waals surface area (Å²) in [4.78, 5) is 16.9. The molecular weight excluding hydrogens is 332 g/mol. The van der Waals surface area contributed by atoms with E-state index < -0.39 is 5.63 Å². The van der Waals surface area contributed by atoms with Crippen molar-refractivity contribution in [2.45, 2.75) is 12.8 Å². The molecule has 1 aromatic heterocycles. The molecule has 2 aliphatic rings. The van der Waals surface area contributed by atoms with E-state index in [1.165, 1.54) is 6.08 Å². The van der Waals surface area contributed by atoms with Crippen LogP contribution in [0.2, 0.25) is 0 Å². The topological polar surface area (TPSA) is 66.2 Å². The van der Waals surface area contributed by atoms with Crippen LogP contribution in [0.25, 0.3) is 18.7 Å². The molecule has 0 bridgehead atoms. The molecule has 1 aromatic rings. The van der Waals surface area contributed by atoms with Crippen LogP contribution in [0.4, 0.5) is 0 Å². The first kappa shape index (κ1) is 18.5. The average Bonchev–Trinajstić information content (AvgIpc) is 2.60. The van der Waals surface area contributed by atoms with Gasteiger partial charge in [-0.05, 0) is 24.8 Å². The van der Waals surface area contributed by atoms with E-state index in [1.807, 2.05) is 0 Å². The molecular formula is C20H26N2O4. The van der Waals surface area contributed by atoms with Gasteiger partial charge in [0.05, 0.1) is 11.0 Å². The summed E-state index contributed by atoms with van der Waals surface area (Å²) in [6.45, 7) is 13.5. The Hall–Kier alpha value is -2.31. The van der Waals surface area contributed by atoms with E-state index in [0.29, 0.717) is 41.4 Å². The van der Waals surface area contributed by atoms with Gasteiger partial charge in [0.25, 0.3) is 0 Å². The fourth-order valence-electron chi connectivity index (χ4n) is 3.24. The van der Waals surface area contributed by atoms with Gasteiger partial charge in [0.15, 0.2) is 0 Å². The molecule has 1 aliphatic carbocycles. The van der Waals surface area contributed by atoms with Crippen LogP contribution in [0.3, 0.4) is 0 Å². The molecule has 0 unspecified atom stereocenters. The number of allylic oxidation sites excluding steroid dienone is 2. The lowest BCUT2D eigenvalue weighted by Crippen LogP contribution is -2.45. The molecule has 1 fully saturated rings. The minimum absolute atomic E-state index is 0.216. The minimum atomic E-state index is -0.497. The minimum Gasteiger partial charge on any atom is -0.512 e. The van der Waals surface area contributed by atoms with Gasteiger partial charge in [-0.25, -0.2) is 4.79 Å². The molecule has 0 amide bonds. The van der Waals surface area contributed by atoms with Crippen LogP contribution in [0, 0.1) is 0 Å². The van der Waals surface area contributed by atoms with Crippen molar-refractivity contribution in [2.75, 3.05) is 46.4 Å². The van der Waals surface area contributed by atoms with Crippen LogP contribution in [-0.2, 0) is 11.2 Å². The number of nitrogens with zero attached hydrogens (tertiary/aromatic N) is 2. The molecule has 0 spiro atoms. The van der Waals surface area contributed by atoms with Crippen molar-refractivity contribution in [1.82, 2.24) is 9.80 Å². The van der Waals surface area contributed by atoms with Crippen LogP contribution in [-0.4, -0.2) is 61.3 Å². The van der Waals surface area contributed by atoms with Crippen molar-refractivity contribution in [2.24, 2.45) is 0 Å². The summed E-state index contributed by atoms with van der Waals surface area (Å²) in [5.41, 5.74) is 0.349. The van der Waals surface area contributed by atoms with Crippen LogP contribution in [0.5, 0.6) is 0 Å². The fourth-order valence-corrected chi connectivity index (χ4v) is 3.24. The standard InChI is InChI=1S/C20H26N2O4/c1-14(25-11-10-22-8-6-21(3)7-9-22)12-18-15(2)17-5-4-16(23)13-19(17)26-20(18)24/h12-13,23H,1-2,4-11H2,3H3/b18-12+. The first-order chi connectivity index (χ1) is 12.4. The smallest absolute Gasteiger partial charge is 0.344 e. The molecule has 6 heteroatoms. The average molecular weight is 358 g/mol. The van der Waals surface area contributed by atoms with E-state index >= 15 is 0 Å².